The number of thioether (sulfide) groups is 2. The van der Waals surface area contributed by atoms with E-state index in [-0.39, 0.29) is 24.8 Å². The predicted octanol–water partition coefficient (Wildman–Crippen LogP) is 5.90. The number of carbonyl (C=O) groups excluding carboxylic acids is 2. The third-order valence-electron chi connectivity index (χ3n) is 4.70. The molecule has 1 aliphatic heterocycles. The molecule has 1 fully saturated rings. The maximum atomic E-state index is 13.1. The Balaban J connectivity index is 1.50. The lowest BCUT2D eigenvalue weighted by molar-refractivity contribution is -0.122. The highest BCUT2D eigenvalue weighted by Crippen LogP contribution is 2.33. The molecule has 2 heterocycles. The summed E-state index contributed by atoms with van der Waals surface area (Å²) in [7, 11) is 0. The van der Waals surface area contributed by atoms with Crippen molar-refractivity contribution in [3.8, 4) is 0 Å². The molecular formula is C23H18ClN3O2S3. The van der Waals surface area contributed by atoms with Crippen molar-refractivity contribution < 1.29 is 9.59 Å². The van der Waals surface area contributed by atoms with E-state index in [1.54, 1.807) is 28.9 Å². The summed E-state index contributed by atoms with van der Waals surface area (Å²) in [5.41, 5.74) is 2.36. The second-order valence-electron chi connectivity index (χ2n) is 6.85. The molecule has 0 atom stereocenters. The maximum absolute atomic E-state index is 13.1. The molecule has 0 saturated carbocycles. The zero-order chi connectivity index (χ0) is 22.7. The smallest absolute Gasteiger partial charge is 0.266 e. The van der Waals surface area contributed by atoms with Crippen molar-refractivity contribution >= 4 is 80.6 Å². The molecule has 0 unspecified atom stereocenters. The van der Waals surface area contributed by atoms with Crippen LogP contribution in [0.25, 0.3) is 17.1 Å². The second-order valence-corrected chi connectivity index (χ2v) is 9.95. The lowest BCUT2D eigenvalue weighted by Gasteiger charge is -2.14. The first-order chi connectivity index (χ1) is 15.5. The normalized spacial score (nSPS) is 15.2. The summed E-state index contributed by atoms with van der Waals surface area (Å²) in [6.45, 7) is 3.94. The fraction of sp³-hybridized carbons (Fsp3) is 0.130. The topological polar surface area (TPSA) is 55.2 Å². The number of halogens is 1. The van der Waals surface area contributed by atoms with Gasteiger partial charge in [-0.05, 0) is 35.9 Å². The van der Waals surface area contributed by atoms with E-state index in [0.29, 0.717) is 25.2 Å². The van der Waals surface area contributed by atoms with E-state index < -0.39 is 0 Å². The monoisotopic (exact) mass is 499 g/mol. The van der Waals surface area contributed by atoms with Gasteiger partial charge in [-0.2, -0.15) is 0 Å². The molecule has 32 heavy (non-hydrogen) atoms. The predicted molar refractivity (Wildman–Crippen MR) is 137 cm³/mol. The van der Waals surface area contributed by atoms with Crippen molar-refractivity contribution in [1.29, 1.82) is 0 Å². The van der Waals surface area contributed by atoms with Crippen molar-refractivity contribution in [1.82, 2.24) is 14.5 Å². The third-order valence-corrected chi connectivity index (χ3v) is 7.26. The van der Waals surface area contributed by atoms with Crippen molar-refractivity contribution in [2.24, 2.45) is 0 Å². The summed E-state index contributed by atoms with van der Waals surface area (Å²) in [5.74, 6) is 0.307. The van der Waals surface area contributed by atoms with Crippen LogP contribution in [-0.2, 0) is 4.79 Å². The van der Waals surface area contributed by atoms with Gasteiger partial charge in [0.25, 0.3) is 5.91 Å². The molecule has 162 valence electrons. The van der Waals surface area contributed by atoms with Crippen LogP contribution in [0.15, 0.2) is 71.2 Å². The average Bonchev–Trinajstić information content (AvgIpc) is 3.29. The van der Waals surface area contributed by atoms with E-state index in [4.69, 9.17) is 23.8 Å². The standard InChI is InChI=1S/C23H18ClN3O2S3/c1-2-13-31-22-25-17-5-3-4-6-18(17)27(22)20(28)11-12-26-21(29)19(32-23(26)30)14-15-7-9-16(24)10-8-15/h2-10,14H,1,11-13H2/b19-14+. The summed E-state index contributed by atoms with van der Waals surface area (Å²) in [6.07, 6.45) is 3.68. The highest BCUT2D eigenvalue weighted by atomic mass is 35.5. The van der Waals surface area contributed by atoms with Crippen LogP contribution in [0.2, 0.25) is 5.02 Å². The van der Waals surface area contributed by atoms with Crippen molar-refractivity contribution in [3.63, 3.8) is 0 Å². The summed E-state index contributed by atoms with van der Waals surface area (Å²) in [6, 6.07) is 14.7. The molecule has 2 aromatic carbocycles. The molecule has 3 aromatic rings. The quantitative estimate of drug-likeness (QED) is 0.174. The molecule has 5 nitrogen and oxygen atoms in total. The van der Waals surface area contributed by atoms with E-state index in [1.807, 2.05) is 36.4 Å². The molecular weight excluding hydrogens is 482 g/mol. The zero-order valence-electron chi connectivity index (χ0n) is 16.9. The van der Waals surface area contributed by atoms with E-state index in [1.165, 1.54) is 28.4 Å². The maximum Gasteiger partial charge on any atom is 0.266 e. The molecule has 0 spiro atoms. The number of thiocarbonyl (C=S) groups is 1. The minimum atomic E-state index is -0.195. The Morgan fingerprint density at radius 3 is 2.72 bits per heavy atom. The van der Waals surface area contributed by atoms with Crippen LogP contribution in [0.1, 0.15) is 16.8 Å². The van der Waals surface area contributed by atoms with Crippen molar-refractivity contribution in [2.45, 2.75) is 11.6 Å². The van der Waals surface area contributed by atoms with Gasteiger partial charge in [-0.1, -0.05) is 77.7 Å². The van der Waals surface area contributed by atoms with Crippen molar-refractivity contribution in [3.05, 3.63) is 76.7 Å². The fourth-order valence-electron chi connectivity index (χ4n) is 3.20. The Hall–Kier alpha value is -2.39. The molecule has 9 heteroatoms. The number of aromatic nitrogens is 2. The Morgan fingerprint density at radius 1 is 1.22 bits per heavy atom. The molecule has 0 N–H and O–H groups in total. The van der Waals surface area contributed by atoms with Crippen LogP contribution in [-0.4, -0.2) is 42.9 Å². The molecule has 1 saturated heterocycles. The number of rotatable bonds is 7. The van der Waals surface area contributed by atoms with Crippen LogP contribution in [0.4, 0.5) is 0 Å². The van der Waals surface area contributed by atoms with Gasteiger partial charge in [-0.25, -0.2) is 4.98 Å². The Kier molecular flexibility index (Phi) is 7.15. The Labute approximate surface area is 204 Å². The Morgan fingerprint density at radius 2 is 1.97 bits per heavy atom. The van der Waals surface area contributed by atoms with Gasteiger partial charge in [0.05, 0.1) is 15.9 Å². The molecule has 0 bridgehead atoms. The zero-order valence-corrected chi connectivity index (χ0v) is 20.1. The minimum absolute atomic E-state index is 0.128. The lowest BCUT2D eigenvalue weighted by atomic mass is 10.2. The van der Waals surface area contributed by atoms with E-state index in [0.717, 1.165) is 16.6 Å². The first-order valence-corrected chi connectivity index (χ1v) is 12.3. The number of para-hydroxylation sites is 2. The third kappa shape index (κ3) is 4.83. The number of carbonyl (C=O) groups is 2. The number of amides is 1. The lowest BCUT2D eigenvalue weighted by Crippen LogP contribution is -2.31. The van der Waals surface area contributed by atoms with Crippen LogP contribution < -0.4 is 0 Å². The van der Waals surface area contributed by atoms with Gasteiger partial charge in [0.15, 0.2) is 5.16 Å². The van der Waals surface area contributed by atoms with E-state index in [9.17, 15) is 9.59 Å². The van der Waals surface area contributed by atoms with Crippen molar-refractivity contribution in [2.75, 3.05) is 12.3 Å². The van der Waals surface area contributed by atoms with Crippen LogP contribution >= 0.6 is 47.3 Å². The van der Waals surface area contributed by atoms with Crippen LogP contribution in [0.3, 0.4) is 0 Å². The van der Waals surface area contributed by atoms with Gasteiger partial charge in [0.2, 0.25) is 5.91 Å². The largest absolute Gasteiger partial charge is 0.292 e. The van der Waals surface area contributed by atoms with Gasteiger partial charge < -0.3 is 0 Å². The van der Waals surface area contributed by atoms with Gasteiger partial charge in [0.1, 0.15) is 4.32 Å². The molecule has 1 aliphatic rings. The first kappa shape index (κ1) is 22.8. The van der Waals surface area contributed by atoms with Gasteiger partial charge >= 0.3 is 0 Å². The summed E-state index contributed by atoms with van der Waals surface area (Å²) in [5, 5.41) is 1.25. The number of hydrogen-bond acceptors (Lipinski definition) is 6. The number of hydrogen-bond donors (Lipinski definition) is 0. The first-order valence-electron chi connectivity index (χ1n) is 9.73. The van der Waals surface area contributed by atoms with Crippen LogP contribution in [0, 0.1) is 0 Å². The second kappa shape index (κ2) is 10.0. The SMILES string of the molecule is C=CCSc1nc2ccccc2n1C(=O)CCN1C(=O)/C(=C\c2ccc(Cl)cc2)SC1=S. The summed E-state index contributed by atoms with van der Waals surface area (Å²) >= 11 is 14.0. The van der Waals surface area contributed by atoms with E-state index >= 15 is 0 Å². The highest BCUT2D eigenvalue weighted by molar-refractivity contribution is 8.26. The number of benzene rings is 2. The molecule has 4 rings (SSSR count). The van der Waals surface area contributed by atoms with Gasteiger partial charge in [-0.3, -0.25) is 19.1 Å². The van der Waals surface area contributed by atoms with Crippen LogP contribution in [0.5, 0.6) is 0 Å². The molecule has 1 aromatic heterocycles. The minimum Gasteiger partial charge on any atom is -0.292 e. The average molecular weight is 500 g/mol. The molecule has 1 amide bonds. The number of fused-ring (bicyclic) bond motifs is 1. The molecule has 0 radical (unpaired) electrons. The molecule has 0 aliphatic carbocycles. The fourth-order valence-corrected chi connectivity index (χ4v) is 5.39. The Bertz CT molecular complexity index is 1250. The highest BCUT2D eigenvalue weighted by Gasteiger charge is 2.32. The summed E-state index contributed by atoms with van der Waals surface area (Å²) in [4.78, 5) is 32.6. The number of imidazole rings is 1. The number of nitrogens with zero attached hydrogens (tertiary/aromatic N) is 3. The van der Waals surface area contributed by atoms with Gasteiger partial charge in [-0.15, -0.1) is 6.58 Å². The summed E-state index contributed by atoms with van der Waals surface area (Å²) < 4.78 is 2.06. The van der Waals surface area contributed by atoms with Gasteiger partial charge in [0, 0.05) is 23.7 Å². The van der Waals surface area contributed by atoms with E-state index in [2.05, 4.69) is 11.6 Å².